The van der Waals surface area contributed by atoms with E-state index in [0.29, 0.717) is 6.04 Å². The monoisotopic (exact) mass is 402 g/mol. The molecule has 1 amide bonds. The normalized spacial score (nSPS) is 18.8. The minimum Gasteiger partial charge on any atom is -0.339 e. The van der Waals surface area contributed by atoms with Gasteiger partial charge < -0.3 is 9.80 Å². The predicted molar refractivity (Wildman–Crippen MR) is 120 cm³/mol. The van der Waals surface area contributed by atoms with Crippen molar-refractivity contribution in [3.05, 3.63) is 60.3 Å². The van der Waals surface area contributed by atoms with Gasteiger partial charge in [-0.25, -0.2) is 4.68 Å². The van der Waals surface area contributed by atoms with Crippen LogP contribution in [-0.2, 0) is 0 Å². The van der Waals surface area contributed by atoms with Crippen molar-refractivity contribution in [1.29, 1.82) is 0 Å². The molecule has 5 nitrogen and oxygen atoms in total. The summed E-state index contributed by atoms with van der Waals surface area (Å²) in [5, 5.41) is 5.62. The molecule has 0 radical (unpaired) electrons. The second-order valence-electron chi connectivity index (χ2n) is 8.78. The molecule has 1 saturated carbocycles. The Bertz CT molecular complexity index is 1010. The predicted octanol–water partition coefficient (Wildman–Crippen LogP) is 4.50. The minimum atomic E-state index is 0.117. The second kappa shape index (κ2) is 8.23. The van der Waals surface area contributed by atoms with E-state index in [0.717, 1.165) is 54.1 Å². The Kier molecular flexibility index (Phi) is 5.30. The molecule has 1 saturated heterocycles. The molecule has 2 heterocycles. The van der Waals surface area contributed by atoms with Crippen LogP contribution >= 0.6 is 0 Å². The number of amides is 1. The van der Waals surface area contributed by atoms with E-state index in [2.05, 4.69) is 22.1 Å². The number of nitrogens with zero attached hydrogens (tertiary/aromatic N) is 4. The molecule has 0 bridgehead atoms. The molecule has 2 aromatic carbocycles. The fourth-order valence-corrected chi connectivity index (χ4v) is 5.20. The first-order valence-corrected chi connectivity index (χ1v) is 11.2. The number of carbonyl (C=O) groups excluding carboxylic acids is 1. The maximum absolute atomic E-state index is 13.1. The van der Waals surface area contributed by atoms with Crippen LogP contribution in [0.4, 0.5) is 0 Å². The lowest BCUT2D eigenvalue weighted by Gasteiger charge is -2.39. The second-order valence-corrected chi connectivity index (χ2v) is 8.78. The van der Waals surface area contributed by atoms with Gasteiger partial charge in [0.05, 0.1) is 17.4 Å². The molecular formula is C25H30N4O. The van der Waals surface area contributed by atoms with E-state index in [9.17, 15) is 4.79 Å². The lowest BCUT2D eigenvalue weighted by Crippen LogP contribution is -2.48. The van der Waals surface area contributed by atoms with E-state index in [4.69, 9.17) is 0 Å². The molecule has 30 heavy (non-hydrogen) atoms. The van der Waals surface area contributed by atoms with Crippen LogP contribution < -0.4 is 0 Å². The van der Waals surface area contributed by atoms with Gasteiger partial charge in [-0.1, -0.05) is 31.0 Å². The number of benzene rings is 2. The summed E-state index contributed by atoms with van der Waals surface area (Å²) in [6.45, 7) is 2.25. The Hall–Kier alpha value is -2.66. The third-order valence-corrected chi connectivity index (χ3v) is 7.04. The van der Waals surface area contributed by atoms with Gasteiger partial charge >= 0.3 is 0 Å². The van der Waals surface area contributed by atoms with Gasteiger partial charge in [-0.15, -0.1) is 0 Å². The number of rotatable bonds is 4. The highest BCUT2D eigenvalue weighted by Crippen LogP contribution is 2.27. The molecule has 0 atom stereocenters. The average molecular weight is 403 g/mol. The third kappa shape index (κ3) is 3.63. The highest BCUT2D eigenvalue weighted by atomic mass is 16.2. The van der Waals surface area contributed by atoms with Crippen LogP contribution in [0, 0.1) is 0 Å². The lowest BCUT2D eigenvalue weighted by molar-refractivity contribution is 0.0598. The van der Waals surface area contributed by atoms with Gasteiger partial charge in [0.15, 0.2) is 0 Å². The molecule has 2 aliphatic rings. The number of hydrogen-bond donors (Lipinski definition) is 0. The Labute approximate surface area is 178 Å². The summed E-state index contributed by atoms with van der Waals surface area (Å²) in [6, 6.07) is 17.1. The van der Waals surface area contributed by atoms with Crippen LogP contribution in [0.2, 0.25) is 0 Å². The minimum absolute atomic E-state index is 0.117. The fourth-order valence-electron chi connectivity index (χ4n) is 5.20. The molecule has 1 aliphatic carbocycles. The molecule has 2 fully saturated rings. The summed E-state index contributed by atoms with van der Waals surface area (Å²) < 4.78 is 1.92. The summed E-state index contributed by atoms with van der Waals surface area (Å²) in [5.41, 5.74) is 2.79. The first-order valence-electron chi connectivity index (χ1n) is 11.2. The Morgan fingerprint density at radius 3 is 2.40 bits per heavy atom. The van der Waals surface area contributed by atoms with Crippen LogP contribution in [0.5, 0.6) is 0 Å². The number of para-hydroxylation sites is 1. The molecule has 0 unspecified atom stereocenters. The van der Waals surface area contributed by atoms with Crippen molar-refractivity contribution in [1.82, 2.24) is 19.6 Å². The number of hydrogen-bond acceptors (Lipinski definition) is 3. The third-order valence-electron chi connectivity index (χ3n) is 7.04. The topological polar surface area (TPSA) is 41.4 Å². The van der Waals surface area contributed by atoms with Crippen LogP contribution in [0.25, 0.3) is 16.6 Å². The highest BCUT2D eigenvalue weighted by molar-refractivity contribution is 5.94. The molecule has 0 N–H and O–H groups in total. The number of likely N-dealkylation sites (tertiary alicyclic amines) is 1. The fraction of sp³-hybridized carbons (Fsp3) is 0.440. The number of carbonyl (C=O) groups is 1. The lowest BCUT2D eigenvalue weighted by atomic mass is 10.0. The summed E-state index contributed by atoms with van der Waals surface area (Å²) in [7, 11) is 1.97. The van der Waals surface area contributed by atoms with Gasteiger partial charge in [-0.3, -0.25) is 4.79 Å². The maximum atomic E-state index is 13.1. The van der Waals surface area contributed by atoms with Gasteiger partial charge in [0.2, 0.25) is 0 Å². The van der Waals surface area contributed by atoms with E-state index in [-0.39, 0.29) is 5.91 Å². The molecule has 156 valence electrons. The standard InChI is InChI=1S/C25H30N4O/c1-27(21-14-16-28(17-15-21)22-7-3-4-8-22)25(30)19-10-12-23(13-11-19)29-24-9-5-2-6-20(24)18-26-29/h2,5-6,9-13,18,21-22H,3-4,7-8,14-17H2,1H3. The van der Waals surface area contributed by atoms with Crippen LogP contribution in [0.1, 0.15) is 48.9 Å². The molecule has 1 aliphatic heterocycles. The number of aromatic nitrogens is 2. The number of piperidine rings is 1. The van der Waals surface area contributed by atoms with Crippen molar-refractivity contribution in [2.24, 2.45) is 0 Å². The van der Waals surface area contributed by atoms with Crippen molar-refractivity contribution < 1.29 is 4.79 Å². The van der Waals surface area contributed by atoms with E-state index in [1.54, 1.807) is 0 Å². The summed E-state index contributed by atoms with van der Waals surface area (Å²) >= 11 is 0. The average Bonchev–Trinajstić information content (AvgIpc) is 3.49. The zero-order valence-electron chi connectivity index (χ0n) is 17.7. The van der Waals surface area contributed by atoms with Gasteiger partial charge in [0.25, 0.3) is 5.91 Å². The van der Waals surface area contributed by atoms with Crippen molar-refractivity contribution in [3.63, 3.8) is 0 Å². The van der Waals surface area contributed by atoms with Gasteiger partial charge in [-0.2, -0.15) is 5.10 Å². The van der Waals surface area contributed by atoms with E-state index >= 15 is 0 Å². The van der Waals surface area contributed by atoms with E-state index in [1.807, 2.05) is 59.2 Å². The van der Waals surface area contributed by atoms with Crippen LogP contribution in [-0.4, -0.2) is 57.7 Å². The van der Waals surface area contributed by atoms with Crippen molar-refractivity contribution in [3.8, 4) is 5.69 Å². The Morgan fingerprint density at radius 1 is 0.967 bits per heavy atom. The Morgan fingerprint density at radius 2 is 1.67 bits per heavy atom. The summed E-state index contributed by atoms with van der Waals surface area (Å²) in [5.74, 6) is 0.117. The largest absolute Gasteiger partial charge is 0.339 e. The Balaban J connectivity index is 1.25. The van der Waals surface area contributed by atoms with Gasteiger partial charge in [0.1, 0.15) is 0 Å². The van der Waals surface area contributed by atoms with E-state index in [1.165, 1.54) is 25.7 Å². The molecule has 5 heteroatoms. The maximum Gasteiger partial charge on any atom is 0.253 e. The van der Waals surface area contributed by atoms with Crippen LogP contribution in [0.3, 0.4) is 0 Å². The summed E-state index contributed by atoms with van der Waals surface area (Å²) in [4.78, 5) is 17.7. The van der Waals surface area contributed by atoms with Crippen LogP contribution in [0.15, 0.2) is 54.7 Å². The zero-order chi connectivity index (χ0) is 20.5. The first kappa shape index (κ1) is 19.3. The molecular weight excluding hydrogens is 372 g/mol. The highest BCUT2D eigenvalue weighted by Gasteiger charge is 2.30. The SMILES string of the molecule is CN(C(=O)c1ccc(-n2ncc3ccccc32)cc1)C1CCN(C2CCCC2)CC1. The summed E-state index contributed by atoms with van der Waals surface area (Å²) in [6.07, 6.45) is 9.52. The van der Waals surface area contributed by atoms with Gasteiger partial charge in [0, 0.05) is 43.2 Å². The number of fused-ring (bicyclic) bond motifs is 1. The van der Waals surface area contributed by atoms with Crippen molar-refractivity contribution in [2.45, 2.75) is 50.6 Å². The zero-order valence-corrected chi connectivity index (χ0v) is 17.7. The molecule has 1 aromatic heterocycles. The van der Waals surface area contributed by atoms with Crippen molar-refractivity contribution in [2.75, 3.05) is 20.1 Å². The quantitative estimate of drug-likeness (QED) is 0.645. The molecule has 5 rings (SSSR count). The molecule has 3 aromatic rings. The van der Waals surface area contributed by atoms with Crippen molar-refractivity contribution >= 4 is 16.8 Å². The smallest absolute Gasteiger partial charge is 0.253 e. The molecule has 0 spiro atoms. The van der Waals surface area contributed by atoms with Gasteiger partial charge in [-0.05, 0) is 56.0 Å². The van der Waals surface area contributed by atoms with E-state index < -0.39 is 0 Å². The first-order chi connectivity index (χ1) is 14.7.